The molecule has 5 aromatic rings. The number of benzene rings is 1. The van der Waals surface area contributed by atoms with Crippen LogP contribution in [0, 0.1) is 0 Å². The van der Waals surface area contributed by atoms with Gasteiger partial charge in [0, 0.05) is 75.9 Å². The standard InChI is InChI=1S/C30H34N10O/c1-37-9-8-27(36-37)33-30-31-18-23-6-7-25-28(29(23)34-30)26(38(2)35-25)17-21-4-3-5-22(16-21)24-19-32-40(20-24)11-10-39-12-14-41-15-13-39/h3-5,8-9,16,18-20H,6-7,10-15,17H2,1-2H3,(H,31,33,34,36). The smallest absolute Gasteiger partial charge is 0.228 e. The fourth-order valence-electron chi connectivity index (χ4n) is 5.74. The van der Waals surface area contributed by atoms with Crippen LogP contribution in [0.5, 0.6) is 0 Å². The first-order valence-electron chi connectivity index (χ1n) is 14.2. The maximum atomic E-state index is 5.46. The second-order valence-corrected chi connectivity index (χ2v) is 10.8. The van der Waals surface area contributed by atoms with E-state index >= 15 is 0 Å². The number of fused-ring (bicyclic) bond motifs is 3. The minimum atomic E-state index is 0.540. The van der Waals surface area contributed by atoms with Crippen molar-refractivity contribution >= 4 is 11.8 Å². The summed E-state index contributed by atoms with van der Waals surface area (Å²) in [6, 6.07) is 10.6. The highest BCUT2D eigenvalue weighted by molar-refractivity contribution is 5.72. The van der Waals surface area contributed by atoms with Gasteiger partial charge in [0.15, 0.2) is 5.82 Å². The zero-order valence-electron chi connectivity index (χ0n) is 23.5. The lowest BCUT2D eigenvalue weighted by atomic mass is 9.91. The van der Waals surface area contributed by atoms with Crippen molar-refractivity contribution in [2.75, 3.05) is 38.2 Å². The molecule has 0 atom stereocenters. The van der Waals surface area contributed by atoms with Crippen molar-refractivity contribution in [3.8, 4) is 22.4 Å². The molecular weight excluding hydrogens is 516 g/mol. The number of hydrogen-bond acceptors (Lipinski definition) is 8. The molecule has 0 spiro atoms. The molecule has 0 radical (unpaired) electrons. The van der Waals surface area contributed by atoms with Gasteiger partial charge in [-0.2, -0.15) is 15.3 Å². The number of morpholine rings is 1. The van der Waals surface area contributed by atoms with Crippen molar-refractivity contribution in [3.63, 3.8) is 0 Å². The van der Waals surface area contributed by atoms with Crippen LogP contribution in [0.2, 0.25) is 0 Å². The summed E-state index contributed by atoms with van der Waals surface area (Å²) in [5.41, 5.74) is 9.00. The maximum Gasteiger partial charge on any atom is 0.228 e. The lowest BCUT2D eigenvalue weighted by molar-refractivity contribution is 0.0360. The minimum absolute atomic E-state index is 0.540. The summed E-state index contributed by atoms with van der Waals surface area (Å²) < 4.78 is 11.3. The quantitative estimate of drug-likeness (QED) is 0.314. The first kappa shape index (κ1) is 25.6. The number of aryl methyl sites for hydroxylation is 4. The Morgan fingerprint density at radius 3 is 2.73 bits per heavy atom. The first-order chi connectivity index (χ1) is 20.1. The van der Waals surface area contributed by atoms with Crippen molar-refractivity contribution in [1.82, 2.24) is 44.2 Å². The third kappa shape index (κ3) is 5.38. The topological polar surface area (TPSA) is 104 Å². The Kier molecular flexibility index (Phi) is 6.81. The van der Waals surface area contributed by atoms with E-state index in [0.717, 1.165) is 98.2 Å². The van der Waals surface area contributed by atoms with Crippen LogP contribution in [-0.4, -0.2) is 77.1 Å². The number of anilines is 2. The van der Waals surface area contributed by atoms with E-state index in [4.69, 9.17) is 14.8 Å². The van der Waals surface area contributed by atoms with E-state index in [-0.39, 0.29) is 0 Å². The zero-order chi connectivity index (χ0) is 27.8. The van der Waals surface area contributed by atoms with Crippen LogP contribution in [0.4, 0.5) is 11.8 Å². The molecule has 11 nitrogen and oxygen atoms in total. The van der Waals surface area contributed by atoms with Crippen molar-refractivity contribution in [2.45, 2.75) is 25.8 Å². The lowest BCUT2D eigenvalue weighted by Crippen LogP contribution is -2.38. The predicted molar refractivity (Wildman–Crippen MR) is 156 cm³/mol. The van der Waals surface area contributed by atoms with Gasteiger partial charge in [0.2, 0.25) is 5.95 Å². The van der Waals surface area contributed by atoms with Gasteiger partial charge in [-0.05, 0) is 29.5 Å². The number of nitrogens with zero attached hydrogens (tertiary/aromatic N) is 9. The fourth-order valence-corrected chi connectivity index (χ4v) is 5.74. The van der Waals surface area contributed by atoms with Crippen LogP contribution in [0.3, 0.4) is 0 Å². The van der Waals surface area contributed by atoms with Gasteiger partial charge in [0.05, 0.1) is 43.0 Å². The number of hydrogen-bond donors (Lipinski definition) is 1. The van der Waals surface area contributed by atoms with Crippen molar-refractivity contribution < 1.29 is 4.74 Å². The molecule has 1 saturated heterocycles. The number of aromatic nitrogens is 8. The molecule has 1 aliphatic heterocycles. The van der Waals surface area contributed by atoms with E-state index in [1.54, 1.807) is 4.68 Å². The van der Waals surface area contributed by atoms with Crippen LogP contribution in [0.1, 0.15) is 22.5 Å². The average Bonchev–Trinajstić information content (AvgIpc) is 3.72. The molecule has 2 aliphatic rings. The Bertz CT molecular complexity index is 1680. The summed E-state index contributed by atoms with van der Waals surface area (Å²) in [6.45, 7) is 5.48. The number of nitrogens with one attached hydrogen (secondary N) is 1. The van der Waals surface area contributed by atoms with E-state index in [2.05, 4.69) is 55.9 Å². The molecule has 0 saturated carbocycles. The predicted octanol–water partition coefficient (Wildman–Crippen LogP) is 3.24. The molecule has 0 unspecified atom stereocenters. The summed E-state index contributed by atoms with van der Waals surface area (Å²) in [5, 5.41) is 17.2. The average molecular weight is 551 g/mol. The van der Waals surface area contributed by atoms with Gasteiger partial charge in [0.1, 0.15) is 0 Å². The van der Waals surface area contributed by atoms with Crippen molar-refractivity contribution in [1.29, 1.82) is 0 Å². The highest BCUT2D eigenvalue weighted by Gasteiger charge is 2.26. The molecule has 1 aromatic carbocycles. The van der Waals surface area contributed by atoms with Gasteiger partial charge >= 0.3 is 0 Å². The van der Waals surface area contributed by atoms with Gasteiger partial charge in [-0.25, -0.2) is 9.97 Å². The van der Waals surface area contributed by atoms with Crippen LogP contribution >= 0.6 is 0 Å². The van der Waals surface area contributed by atoms with Gasteiger partial charge in [-0.3, -0.25) is 18.9 Å². The van der Waals surface area contributed by atoms with Gasteiger partial charge in [0.25, 0.3) is 0 Å². The van der Waals surface area contributed by atoms with Crippen LogP contribution < -0.4 is 5.32 Å². The monoisotopic (exact) mass is 550 g/mol. The highest BCUT2D eigenvalue weighted by atomic mass is 16.5. The molecule has 0 bridgehead atoms. The third-order valence-corrected chi connectivity index (χ3v) is 7.94. The second-order valence-electron chi connectivity index (χ2n) is 10.8. The summed E-state index contributed by atoms with van der Waals surface area (Å²) in [4.78, 5) is 11.9. The van der Waals surface area contributed by atoms with Crippen LogP contribution in [0.15, 0.2) is 55.1 Å². The molecule has 41 heavy (non-hydrogen) atoms. The van der Waals surface area contributed by atoms with E-state index in [1.807, 2.05) is 48.1 Å². The fraction of sp³-hybridized carbons (Fsp3) is 0.367. The Morgan fingerprint density at radius 1 is 0.976 bits per heavy atom. The molecule has 11 heteroatoms. The maximum absolute atomic E-state index is 5.46. The van der Waals surface area contributed by atoms with Gasteiger partial charge < -0.3 is 10.1 Å². The van der Waals surface area contributed by atoms with Gasteiger partial charge in [-0.15, -0.1) is 0 Å². The molecule has 1 N–H and O–H groups in total. The Labute approximate surface area is 238 Å². The highest BCUT2D eigenvalue weighted by Crippen LogP contribution is 2.36. The molecule has 1 aliphatic carbocycles. The van der Waals surface area contributed by atoms with Crippen molar-refractivity contribution in [3.05, 3.63) is 77.6 Å². The van der Waals surface area contributed by atoms with E-state index < -0.39 is 0 Å². The van der Waals surface area contributed by atoms with Crippen LogP contribution in [-0.2, 0) is 44.6 Å². The van der Waals surface area contributed by atoms with Gasteiger partial charge in [-0.1, -0.05) is 24.3 Å². The molecule has 210 valence electrons. The molecule has 5 heterocycles. The molecular formula is C30H34N10O. The Hall–Kier alpha value is -4.35. The SMILES string of the molecule is Cn1ccc(Nc2ncc3c(n2)-c2c(nn(C)c2Cc2cccc(-c4cnn(CCN5CCOCC5)c4)c2)CC3)n1. The number of rotatable bonds is 8. The Balaban J connectivity index is 1.12. The number of ether oxygens (including phenoxy) is 1. The second kappa shape index (κ2) is 10.9. The molecule has 7 rings (SSSR count). The Morgan fingerprint density at radius 2 is 1.88 bits per heavy atom. The molecule has 0 amide bonds. The first-order valence-corrected chi connectivity index (χ1v) is 14.2. The summed E-state index contributed by atoms with van der Waals surface area (Å²) in [5.74, 6) is 1.26. The lowest BCUT2D eigenvalue weighted by Gasteiger charge is -2.26. The zero-order valence-corrected chi connectivity index (χ0v) is 23.5. The van der Waals surface area contributed by atoms with Crippen molar-refractivity contribution in [2.24, 2.45) is 14.1 Å². The van der Waals surface area contributed by atoms with E-state index in [9.17, 15) is 0 Å². The third-order valence-electron chi connectivity index (χ3n) is 7.94. The van der Waals surface area contributed by atoms with Crippen LogP contribution in [0.25, 0.3) is 22.4 Å². The normalized spacial score (nSPS) is 15.1. The summed E-state index contributed by atoms with van der Waals surface area (Å²) in [6.07, 6.45) is 10.5. The summed E-state index contributed by atoms with van der Waals surface area (Å²) >= 11 is 0. The largest absolute Gasteiger partial charge is 0.379 e. The molecule has 1 fully saturated rings. The van der Waals surface area contributed by atoms with E-state index in [0.29, 0.717) is 5.95 Å². The van der Waals surface area contributed by atoms with E-state index in [1.165, 1.54) is 11.1 Å². The summed E-state index contributed by atoms with van der Waals surface area (Å²) in [7, 11) is 3.92. The molecule has 4 aromatic heterocycles. The minimum Gasteiger partial charge on any atom is -0.379 e.